The molecule has 0 aliphatic carbocycles. The quantitative estimate of drug-likeness (QED) is 0.700. The molecule has 1 fully saturated rings. The summed E-state index contributed by atoms with van der Waals surface area (Å²) >= 11 is 12.3. The molecular formula is C20H19Cl2F3N4O3. The summed E-state index contributed by atoms with van der Waals surface area (Å²) in [7, 11) is 0. The summed E-state index contributed by atoms with van der Waals surface area (Å²) in [5.74, 6) is 1.10. The minimum atomic E-state index is -4.50. The number of nitrogens with one attached hydrogen (secondary N) is 1. The number of halogens is 5. The van der Waals surface area contributed by atoms with E-state index in [1.807, 2.05) is 4.90 Å². The lowest BCUT2D eigenvalue weighted by molar-refractivity contribution is -0.137. The Kier molecular flexibility index (Phi) is 6.55. The number of piperazine rings is 1. The van der Waals surface area contributed by atoms with E-state index in [0.717, 1.165) is 12.3 Å². The SMILES string of the molecule is O=C(CN1CCN(c2ncc(C(F)(F)F)cc2Cl)CC1)Nc1cc2c(cc1Cl)OCCO2. The number of pyridine rings is 1. The first-order valence-electron chi connectivity index (χ1n) is 9.80. The van der Waals surface area contributed by atoms with Crippen LogP contribution in [0.3, 0.4) is 0 Å². The Morgan fingerprint density at radius 1 is 1.03 bits per heavy atom. The lowest BCUT2D eigenvalue weighted by Crippen LogP contribution is -2.49. The molecule has 1 saturated heterocycles. The average Bonchev–Trinajstić information content (AvgIpc) is 2.74. The number of alkyl halides is 3. The summed E-state index contributed by atoms with van der Waals surface area (Å²) in [6, 6.07) is 4.11. The molecule has 0 atom stereocenters. The summed E-state index contributed by atoms with van der Waals surface area (Å²) in [4.78, 5) is 20.1. The Hall–Kier alpha value is -2.43. The van der Waals surface area contributed by atoms with Crippen molar-refractivity contribution >= 4 is 40.6 Å². The van der Waals surface area contributed by atoms with Gasteiger partial charge in [-0.25, -0.2) is 4.98 Å². The first-order chi connectivity index (χ1) is 15.2. The van der Waals surface area contributed by atoms with Crippen LogP contribution in [0, 0.1) is 0 Å². The number of carbonyl (C=O) groups excluding carboxylic acids is 1. The lowest BCUT2D eigenvalue weighted by atomic mass is 10.2. The number of ether oxygens (including phenoxy) is 2. The summed E-state index contributed by atoms with van der Waals surface area (Å²) in [5, 5.41) is 3.07. The van der Waals surface area contributed by atoms with E-state index < -0.39 is 11.7 Å². The summed E-state index contributed by atoms with van der Waals surface area (Å²) in [5.41, 5.74) is -0.459. The van der Waals surface area contributed by atoms with Gasteiger partial charge in [0.15, 0.2) is 11.5 Å². The Morgan fingerprint density at radius 2 is 1.69 bits per heavy atom. The van der Waals surface area contributed by atoms with Gasteiger partial charge in [-0.05, 0) is 6.07 Å². The molecule has 0 unspecified atom stereocenters. The van der Waals surface area contributed by atoms with Gasteiger partial charge in [-0.2, -0.15) is 13.2 Å². The van der Waals surface area contributed by atoms with Gasteiger partial charge in [-0.15, -0.1) is 0 Å². The smallest absolute Gasteiger partial charge is 0.417 e. The maximum atomic E-state index is 12.8. The molecule has 32 heavy (non-hydrogen) atoms. The largest absolute Gasteiger partial charge is 0.486 e. The molecule has 2 aromatic rings. The van der Waals surface area contributed by atoms with E-state index in [0.29, 0.717) is 67.4 Å². The average molecular weight is 491 g/mol. The highest BCUT2D eigenvalue weighted by molar-refractivity contribution is 6.34. The molecule has 0 spiro atoms. The molecule has 1 N–H and O–H groups in total. The van der Waals surface area contributed by atoms with Gasteiger partial charge in [0.05, 0.1) is 27.8 Å². The van der Waals surface area contributed by atoms with Crippen LogP contribution in [-0.2, 0) is 11.0 Å². The van der Waals surface area contributed by atoms with Crippen LogP contribution in [0.15, 0.2) is 24.4 Å². The third kappa shape index (κ3) is 5.13. The molecule has 0 saturated carbocycles. The number of amides is 1. The van der Waals surface area contributed by atoms with Crippen molar-refractivity contribution in [2.45, 2.75) is 6.18 Å². The number of carbonyl (C=O) groups is 1. The van der Waals surface area contributed by atoms with Gasteiger partial charge in [-0.3, -0.25) is 9.69 Å². The van der Waals surface area contributed by atoms with E-state index >= 15 is 0 Å². The standard InChI is InChI=1S/C20H19Cl2F3N4O3/c21-13-8-16-17(32-6-5-31-16)9-15(13)27-18(30)11-28-1-3-29(4-2-28)19-14(22)7-12(10-26-19)20(23,24)25/h7-10H,1-6,11H2,(H,27,30). The van der Waals surface area contributed by atoms with Crippen molar-refractivity contribution in [3.8, 4) is 11.5 Å². The highest BCUT2D eigenvalue weighted by Gasteiger charge is 2.32. The number of benzene rings is 1. The molecule has 0 bridgehead atoms. The fourth-order valence-corrected chi connectivity index (χ4v) is 3.98. The zero-order valence-electron chi connectivity index (χ0n) is 16.7. The van der Waals surface area contributed by atoms with Gasteiger partial charge in [0.25, 0.3) is 0 Å². The van der Waals surface area contributed by atoms with Gasteiger partial charge in [0.2, 0.25) is 5.91 Å². The molecule has 3 heterocycles. The van der Waals surface area contributed by atoms with Crippen LogP contribution in [0.25, 0.3) is 0 Å². The monoisotopic (exact) mass is 490 g/mol. The fraction of sp³-hybridized carbons (Fsp3) is 0.400. The van der Waals surface area contributed by atoms with Gasteiger partial charge in [0, 0.05) is 44.5 Å². The van der Waals surface area contributed by atoms with Crippen molar-refractivity contribution in [2.75, 3.05) is 56.2 Å². The minimum absolute atomic E-state index is 0.0562. The second kappa shape index (κ2) is 9.21. The zero-order valence-corrected chi connectivity index (χ0v) is 18.2. The van der Waals surface area contributed by atoms with E-state index in [9.17, 15) is 18.0 Å². The van der Waals surface area contributed by atoms with E-state index in [1.165, 1.54) is 0 Å². The molecule has 4 rings (SSSR count). The third-order valence-corrected chi connectivity index (χ3v) is 5.68. The van der Waals surface area contributed by atoms with Crippen molar-refractivity contribution in [1.29, 1.82) is 0 Å². The van der Waals surface area contributed by atoms with Gasteiger partial charge in [-0.1, -0.05) is 23.2 Å². The van der Waals surface area contributed by atoms with Crippen molar-refractivity contribution < 1.29 is 27.4 Å². The van der Waals surface area contributed by atoms with Crippen molar-refractivity contribution in [1.82, 2.24) is 9.88 Å². The Morgan fingerprint density at radius 3 is 2.31 bits per heavy atom. The minimum Gasteiger partial charge on any atom is -0.486 e. The van der Waals surface area contributed by atoms with Crippen LogP contribution in [0.2, 0.25) is 10.0 Å². The molecular weight excluding hydrogens is 472 g/mol. The molecule has 0 radical (unpaired) electrons. The number of hydrogen-bond acceptors (Lipinski definition) is 6. The Bertz CT molecular complexity index is 1010. The number of rotatable bonds is 4. The lowest BCUT2D eigenvalue weighted by Gasteiger charge is -2.35. The summed E-state index contributed by atoms with van der Waals surface area (Å²) < 4.78 is 49.4. The van der Waals surface area contributed by atoms with Crippen LogP contribution >= 0.6 is 23.2 Å². The molecule has 12 heteroatoms. The number of anilines is 2. The van der Waals surface area contributed by atoms with Crippen LogP contribution < -0.4 is 19.7 Å². The van der Waals surface area contributed by atoms with E-state index in [2.05, 4.69) is 10.3 Å². The number of fused-ring (bicyclic) bond motifs is 1. The first kappa shape index (κ1) is 22.8. The van der Waals surface area contributed by atoms with Crippen LogP contribution in [0.5, 0.6) is 11.5 Å². The van der Waals surface area contributed by atoms with Crippen molar-refractivity contribution in [3.63, 3.8) is 0 Å². The highest BCUT2D eigenvalue weighted by atomic mass is 35.5. The number of aromatic nitrogens is 1. The third-order valence-electron chi connectivity index (χ3n) is 5.09. The second-order valence-electron chi connectivity index (χ2n) is 7.31. The van der Waals surface area contributed by atoms with Crippen molar-refractivity contribution in [3.05, 3.63) is 40.0 Å². The molecule has 1 aromatic carbocycles. The second-order valence-corrected chi connectivity index (χ2v) is 8.13. The van der Waals surface area contributed by atoms with E-state index in [-0.39, 0.29) is 17.5 Å². The Labute approximate surface area is 192 Å². The van der Waals surface area contributed by atoms with Gasteiger partial charge >= 0.3 is 6.18 Å². The molecule has 7 nitrogen and oxygen atoms in total. The van der Waals surface area contributed by atoms with E-state index in [4.69, 9.17) is 32.7 Å². The predicted molar refractivity (Wildman–Crippen MR) is 114 cm³/mol. The topological polar surface area (TPSA) is 66.9 Å². The van der Waals surface area contributed by atoms with Gasteiger partial charge < -0.3 is 19.7 Å². The molecule has 1 amide bonds. The first-order valence-corrected chi connectivity index (χ1v) is 10.6. The van der Waals surface area contributed by atoms with Gasteiger partial charge in [0.1, 0.15) is 19.0 Å². The molecule has 2 aliphatic rings. The van der Waals surface area contributed by atoms with Crippen molar-refractivity contribution in [2.24, 2.45) is 0 Å². The summed E-state index contributed by atoms with van der Waals surface area (Å²) in [6.07, 6.45) is -3.72. The van der Waals surface area contributed by atoms with E-state index in [1.54, 1.807) is 17.0 Å². The maximum Gasteiger partial charge on any atom is 0.417 e. The van der Waals surface area contributed by atoms with Crippen LogP contribution in [-0.4, -0.2) is 61.7 Å². The zero-order chi connectivity index (χ0) is 22.9. The molecule has 172 valence electrons. The number of nitrogens with zero attached hydrogens (tertiary/aromatic N) is 3. The fourth-order valence-electron chi connectivity index (χ4n) is 3.49. The number of hydrogen-bond donors (Lipinski definition) is 1. The molecule has 2 aliphatic heterocycles. The molecule has 1 aromatic heterocycles. The Balaban J connectivity index is 1.32. The highest BCUT2D eigenvalue weighted by Crippen LogP contribution is 2.38. The summed E-state index contributed by atoms with van der Waals surface area (Å²) in [6.45, 7) is 2.96. The van der Waals surface area contributed by atoms with Crippen LogP contribution in [0.4, 0.5) is 24.7 Å². The van der Waals surface area contributed by atoms with Crippen LogP contribution in [0.1, 0.15) is 5.56 Å². The maximum absolute atomic E-state index is 12.8. The predicted octanol–water partition coefficient (Wildman–Crippen LogP) is 3.94. The normalized spacial score (nSPS) is 16.7.